The molecular formula is C14H18N2O3. The zero-order valence-electron chi connectivity index (χ0n) is 10.9. The van der Waals surface area contributed by atoms with Gasteiger partial charge in [0.25, 0.3) is 5.69 Å². The van der Waals surface area contributed by atoms with Crippen LogP contribution >= 0.6 is 0 Å². The van der Waals surface area contributed by atoms with E-state index in [2.05, 4.69) is 4.90 Å². The normalized spacial score (nSPS) is 16.8. The predicted octanol–water partition coefficient (Wildman–Crippen LogP) is 2.65. The number of benzene rings is 1. The number of carbonyl (C=O) groups excluding carboxylic acids is 1. The molecular weight excluding hydrogens is 244 g/mol. The van der Waals surface area contributed by atoms with E-state index in [9.17, 15) is 14.9 Å². The highest BCUT2D eigenvalue weighted by Crippen LogP contribution is 2.15. The van der Waals surface area contributed by atoms with Crippen LogP contribution in [0.4, 0.5) is 5.69 Å². The molecule has 1 saturated heterocycles. The minimum absolute atomic E-state index is 0.0262. The summed E-state index contributed by atoms with van der Waals surface area (Å²) in [6.45, 7) is 2.25. The van der Waals surface area contributed by atoms with Crippen molar-refractivity contribution in [1.29, 1.82) is 0 Å². The maximum Gasteiger partial charge on any atom is 0.270 e. The first-order valence-corrected chi connectivity index (χ1v) is 6.67. The molecule has 1 aromatic rings. The average molecular weight is 262 g/mol. The van der Waals surface area contributed by atoms with Gasteiger partial charge in [0.1, 0.15) is 0 Å². The number of carbonyl (C=O) groups is 1. The number of hydrogen-bond donors (Lipinski definition) is 0. The van der Waals surface area contributed by atoms with Crippen LogP contribution in [0.15, 0.2) is 24.3 Å². The number of nitrogens with zero attached hydrogens (tertiary/aromatic N) is 2. The van der Waals surface area contributed by atoms with Crippen LogP contribution in [0.25, 0.3) is 0 Å². The van der Waals surface area contributed by atoms with E-state index in [1.54, 1.807) is 12.1 Å². The lowest BCUT2D eigenvalue weighted by Gasteiger charge is -2.18. The van der Waals surface area contributed by atoms with E-state index < -0.39 is 4.92 Å². The molecule has 2 rings (SSSR count). The van der Waals surface area contributed by atoms with Crippen LogP contribution in [0.3, 0.4) is 0 Å². The number of non-ortho nitro benzene ring substituents is 1. The van der Waals surface area contributed by atoms with Gasteiger partial charge in [-0.05, 0) is 25.9 Å². The summed E-state index contributed by atoms with van der Waals surface area (Å²) >= 11 is 0. The highest BCUT2D eigenvalue weighted by molar-refractivity contribution is 5.98. The van der Waals surface area contributed by atoms with Gasteiger partial charge in [-0.25, -0.2) is 0 Å². The van der Waals surface area contributed by atoms with Crippen LogP contribution in [0, 0.1) is 10.1 Å². The van der Waals surface area contributed by atoms with E-state index in [1.807, 2.05) is 0 Å². The third kappa shape index (κ3) is 3.86. The number of nitro groups is 1. The van der Waals surface area contributed by atoms with Crippen LogP contribution in [-0.4, -0.2) is 35.2 Å². The number of nitro benzene ring substituents is 1. The molecule has 1 heterocycles. The van der Waals surface area contributed by atoms with Gasteiger partial charge in [0.05, 0.1) is 11.5 Å². The van der Waals surface area contributed by atoms with Crippen molar-refractivity contribution in [2.24, 2.45) is 0 Å². The second-order valence-electron chi connectivity index (χ2n) is 4.92. The van der Waals surface area contributed by atoms with Crippen LogP contribution in [0.2, 0.25) is 0 Å². The fourth-order valence-corrected chi connectivity index (χ4v) is 2.38. The van der Waals surface area contributed by atoms with Crippen molar-refractivity contribution in [3.8, 4) is 0 Å². The van der Waals surface area contributed by atoms with Gasteiger partial charge < -0.3 is 0 Å². The number of rotatable bonds is 4. The molecule has 5 heteroatoms. The minimum atomic E-state index is -0.470. The third-order valence-electron chi connectivity index (χ3n) is 3.44. The van der Waals surface area contributed by atoms with Crippen molar-refractivity contribution < 1.29 is 9.72 Å². The summed E-state index contributed by atoms with van der Waals surface area (Å²) in [6, 6.07) is 5.98. The van der Waals surface area contributed by atoms with Gasteiger partial charge >= 0.3 is 0 Å². The van der Waals surface area contributed by atoms with Crippen molar-refractivity contribution in [1.82, 2.24) is 4.90 Å². The topological polar surface area (TPSA) is 63.5 Å². The fourth-order valence-electron chi connectivity index (χ4n) is 2.38. The monoisotopic (exact) mass is 262 g/mol. The molecule has 0 aromatic heterocycles. The van der Waals surface area contributed by atoms with Gasteiger partial charge in [0, 0.05) is 17.7 Å². The quantitative estimate of drug-likeness (QED) is 0.475. The van der Waals surface area contributed by atoms with E-state index in [4.69, 9.17) is 0 Å². The number of likely N-dealkylation sites (tertiary alicyclic amines) is 1. The Morgan fingerprint density at radius 1 is 1.21 bits per heavy atom. The summed E-state index contributed by atoms with van der Waals surface area (Å²) in [5.74, 6) is -0.0365. The third-order valence-corrected chi connectivity index (χ3v) is 3.44. The van der Waals surface area contributed by atoms with Crippen LogP contribution in [0.1, 0.15) is 36.0 Å². The van der Waals surface area contributed by atoms with E-state index in [1.165, 1.54) is 25.0 Å². The molecule has 0 spiro atoms. The van der Waals surface area contributed by atoms with Gasteiger partial charge in [-0.2, -0.15) is 0 Å². The van der Waals surface area contributed by atoms with Crippen molar-refractivity contribution in [2.75, 3.05) is 19.6 Å². The SMILES string of the molecule is O=C(CN1CCCCCC1)c1cccc([N+](=O)[O-])c1. The summed E-state index contributed by atoms with van der Waals surface area (Å²) in [6.07, 6.45) is 4.70. The molecule has 1 aliphatic heterocycles. The first kappa shape index (κ1) is 13.7. The Balaban J connectivity index is 2.02. The van der Waals surface area contributed by atoms with Gasteiger partial charge in [-0.3, -0.25) is 19.8 Å². The molecule has 0 radical (unpaired) electrons. The molecule has 0 atom stereocenters. The summed E-state index contributed by atoms with van der Waals surface area (Å²) < 4.78 is 0. The molecule has 1 aromatic carbocycles. The smallest absolute Gasteiger partial charge is 0.270 e. The van der Waals surface area contributed by atoms with Gasteiger partial charge in [0.15, 0.2) is 5.78 Å². The van der Waals surface area contributed by atoms with Crippen LogP contribution in [-0.2, 0) is 0 Å². The Morgan fingerprint density at radius 2 is 1.89 bits per heavy atom. The molecule has 0 N–H and O–H groups in total. The Bertz CT molecular complexity index is 466. The van der Waals surface area contributed by atoms with Gasteiger partial charge in [-0.1, -0.05) is 25.0 Å². The Kier molecular flexibility index (Phi) is 4.63. The number of hydrogen-bond acceptors (Lipinski definition) is 4. The molecule has 1 aliphatic rings. The second kappa shape index (κ2) is 6.43. The average Bonchev–Trinajstić information content (AvgIpc) is 2.67. The highest BCUT2D eigenvalue weighted by atomic mass is 16.6. The number of Topliss-reactive ketones (excluding diaryl/α,β-unsaturated/α-hetero) is 1. The zero-order valence-corrected chi connectivity index (χ0v) is 10.9. The largest absolute Gasteiger partial charge is 0.296 e. The van der Waals surface area contributed by atoms with Crippen LogP contribution < -0.4 is 0 Å². The van der Waals surface area contributed by atoms with Crippen molar-refractivity contribution in [2.45, 2.75) is 25.7 Å². The lowest BCUT2D eigenvalue weighted by Crippen LogP contribution is -2.30. The molecule has 0 aliphatic carbocycles. The van der Waals surface area contributed by atoms with Gasteiger partial charge in [0.2, 0.25) is 0 Å². The minimum Gasteiger partial charge on any atom is -0.296 e. The first-order chi connectivity index (χ1) is 9.16. The van der Waals surface area contributed by atoms with Crippen molar-refractivity contribution in [3.63, 3.8) is 0 Å². The Labute approximate surface area is 112 Å². The van der Waals surface area contributed by atoms with E-state index in [0.717, 1.165) is 25.9 Å². The lowest BCUT2D eigenvalue weighted by molar-refractivity contribution is -0.384. The van der Waals surface area contributed by atoms with Crippen molar-refractivity contribution >= 4 is 11.5 Å². The maximum absolute atomic E-state index is 12.1. The lowest BCUT2D eigenvalue weighted by atomic mass is 10.1. The van der Waals surface area contributed by atoms with Crippen molar-refractivity contribution in [3.05, 3.63) is 39.9 Å². The molecule has 0 unspecified atom stereocenters. The molecule has 0 amide bonds. The maximum atomic E-state index is 12.1. The molecule has 19 heavy (non-hydrogen) atoms. The molecule has 5 nitrogen and oxygen atoms in total. The molecule has 1 fully saturated rings. The van der Waals surface area contributed by atoms with E-state index in [0.29, 0.717) is 12.1 Å². The molecule has 102 valence electrons. The fraction of sp³-hybridized carbons (Fsp3) is 0.500. The summed E-state index contributed by atoms with van der Waals surface area (Å²) in [4.78, 5) is 24.5. The van der Waals surface area contributed by atoms with E-state index >= 15 is 0 Å². The molecule has 0 bridgehead atoms. The standard InChI is InChI=1S/C14H18N2O3/c17-14(11-15-8-3-1-2-4-9-15)12-6-5-7-13(10-12)16(18)19/h5-7,10H,1-4,8-9,11H2. The predicted molar refractivity (Wildman–Crippen MR) is 72.3 cm³/mol. The molecule has 0 saturated carbocycles. The summed E-state index contributed by atoms with van der Waals surface area (Å²) in [5.41, 5.74) is 0.403. The Hall–Kier alpha value is -1.75. The summed E-state index contributed by atoms with van der Waals surface area (Å²) in [5, 5.41) is 10.7. The van der Waals surface area contributed by atoms with E-state index in [-0.39, 0.29) is 11.5 Å². The summed E-state index contributed by atoms with van der Waals surface area (Å²) in [7, 11) is 0. The highest BCUT2D eigenvalue weighted by Gasteiger charge is 2.16. The van der Waals surface area contributed by atoms with Crippen LogP contribution in [0.5, 0.6) is 0 Å². The zero-order chi connectivity index (χ0) is 13.7. The Morgan fingerprint density at radius 3 is 2.53 bits per heavy atom. The van der Waals surface area contributed by atoms with Gasteiger partial charge in [-0.15, -0.1) is 0 Å². The first-order valence-electron chi connectivity index (χ1n) is 6.67. The number of ketones is 1. The second-order valence-corrected chi connectivity index (χ2v) is 4.92.